The number of carbonyl (C=O) groups is 7. The topological polar surface area (TPSA) is 389 Å². The maximum absolute atomic E-state index is 13.8. The van der Waals surface area contributed by atoms with Crippen molar-refractivity contribution in [3.8, 4) is 22.5 Å². The first-order chi connectivity index (χ1) is 47.8. The maximum atomic E-state index is 13.8. The van der Waals surface area contributed by atoms with E-state index >= 15 is 0 Å². The number of ether oxygens (including phenoxy) is 7. The number of ketones is 1. The predicted molar refractivity (Wildman–Crippen MR) is 372 cm³/mol. The number of aliphatic hydroxyl groups is 1. The Bertz CT molecular complexity index is 3500. The molecule has 99 heavy (non-hydrogen) atoms. The van der Waals surface area contributed by atoms with Crippen LogP contribution in [-0.2, 0) is 52.3 Å². The molecule has 0 aromatic heterocycles. The van der Waals surface area contributed by atoms with E-state index in [1.54, 1.807) is 24.3 Å². The molecule has 2 aromatic carbocycles. The second kappa shape index (κ2) is 41.4. The summed E-state index contributed by atoms with van der Waals surface area (Å²) < 4.78 is 45.6. The summed E-state index contributed by atoms with van der Waals surface area (Å²) in [7, 11) is 3.77. The van der Waals surface area contributed by atoms with Gasteiger partial charge in [0, 0.05) is 154 Å². The lowest BCUT2D eigenvalue weighted by molar-refractivity contribution is -0.132. The second-order valence-electron chi connectivity index (χ2n) is 25.0. The molecule has 0 bridgehead atoms. The summed E-state index contributed by atoms with van der Waals surface area (Å²) in [6, 6.07) is 15.1. The average Bonchev–Trinajstić information content (AvgIpc) is 1.33. The molecular weight excluding hydrogens is 1300 g/mol. The number of hydrogen-bond acceptors (Lipinski definition) is 21. The minimum absolute atomic E-state index is 0.00832. The molecule has 0 spiro atoms. The van der Waals surface area contributed by atoms with Gasteiger partial charge in [0.1, 0.15) is 17.1 Å². The molecule has 29 nitrogen and oxygen atoms in total. The fraction of sp³-hybridized carbons (Fsp3) is 0.580. The number of nitrogens with one attached hydrogen (secondary N) is 6. The first kappa shape index (κ1) is 78.2. The molecule has 3 atom stereocenters. The van der Waals surface area contributed by atoms with Gasteiger partial charge in [0.2, 0.25) is 17.7 Å². The minimum atomic E-state index is -1.27. The highest BCUT2D eigenvalue weighted by Gasteiger charge is 2.42. The zero-order valence-corrected chi connectivity index (χ0v) is 58.0. The van der Waals surface area contributed by atoms with Crippen molar-refractivity contribution in [2.45, 2.75) is 95.4 Å². The molecule has 2 aliphatic carbocycles. The van der Waals surface area contributed by atoms with Gasteiger partial charge >= 0.3 is 12.0 Å². The Hall–Kier alpha value is -8.19. The van der Waals surface area contributed by atoms with E-state index in [1.807, 2.05) is 62.8 Å². The molecule has 0 saturated carbocycles. The number of carboxylic acids is 1. The van der Waals surface area contributed by atoms with Gasteiger partial charge in [-0.3, -0.25) is 29.0 Å². The van der Waals surface area contributed by atoms with Crippen molar-refractivity contribution >= 4 is 75.5 Å². The first-order valence-corrected chi connectivity index (χ1v) is 34.8. The Morgan fingerprint density at radius 3 is 2.08 bits per heavy atom. The SMILES string of the molecule is CN(C)c1ccc2c(-c3ccc(C(=O)NCCC(=O)N(CCOCCOCCOCCN=[N+]=[N-])CCC(=O)NCCCN=C(CCOCCOCCOCCOCCNC(=O)CCCCC4SC[C@@H]5NC(=O)N[C@H]45)C4=C(O)CC(C)(C)CC4=O)cc3C(=O)O)c3ccc(=N)cc-3oc2c1. The maximum Gasteiger partial charge on any atom is 0.336 e. The third-order valence-electron chi connectivity index (χ3n) is 16.6. The number of aliphatic hydroxyl groups excluding tert-OH is 1. The first-order valence-electron chi connectivity index (χ1n) is 33.7. The number of nitrogens with zero attached hydrogens (tertiary/aromatic N) is 6. The van der Waals surface area contributed by atoms with Gasteiger partial charge < -0.3 is 89.6 Å². The third-order valence-corrected chi connectivity index (χ3v) is 18.1. The van der Waals surface area contributed by atoms with Crippen LogP contribution in [0.2, 0.25) is 0 Å². The number of carboxylic acid groups (broad SMARTS) is 1. The van der Waals surface area contributed by atoms with Crippen molar-refractivity contribution in [3.63, 3.8) is 0 Å². The van der Waals surface area contributed by atoms with Gasteiger partial charge in [0.25, 0.3) is 5.91 Å². The zero-order chi connectivity index (χ0) is 70.9. The molecule has 30 heteroatoms. The van der Waals surface area contributed by atoms with E-state index in [1.165, 1.54) is 17.0 Å². The number of anilines is 1. The Kier molecular flexibility index (Phi) is 32.7. The van der Waals surface area contributed by atoms with Gasteiger partial charge in [-0.05, 0) is 72.2 Å². The average molecular weight is 1400 g/mol. The molecule has 6 amide bonds. The Labute approximate surface area is 580 Å². The number of aliphatic imine (C=N–C) groups is 1. The lowest BCUT2D eigenvalue weighted by Crippen LogP contribution is -2.39. The molecular formula is C69H96N12O17S. The van der Waals surface area contributed by atoms with Crippen LogP contribution >= 0.6 is 11.8 Å². The molecule has 2 aromatic rings. The van der Waals surface area contributed by atoms with Gasteiger partial charge in [-0.25, -0.2) is 9.59 Å². The smallest absolute Gasteiger partial charge is 0.336 e. The van der Waals surface area contributed by atoms with Crippen LogP contribution in [0, 0.1) is 10.8 Å². The van der Waals surface area contributed by atoms with E-state index < -0.39 is 17.3 Å². The van der Waals surface area contributed by atoms with E-state index in [9.17, 15) is 43.8 Å². The summed E-state index contributed by atoms with van der Waals surface area (Å²) in [5, 5.41) is 49.0. The summed E-state index contributed by atoms with van der Waals surface area (Å²) in [5.74, 6) is -1.53. The number of fused-ring (bicyclic) bond motifs is 3. The number of hydrogen-bond donors (Lipinski definition) is 8. The molecule has 540 valence electrons. The number of rotatable bonds is 47. The van der Waals surface area contributed by atoms with Gasteiger partial charge in [0.05, 0.1) is 127 Å². The van der Waals surface area contributed by atoms with Gasteiger partial charge in [-0.15, -0.1) is 0 Å². The fourth-order valence-corrected chi connectivity index (χ4v) is 13.1. The number of allylic oxidation sites excluding steroid dienone is 2. The van der Waals surface area contributed by atoms with Crippen LogP contribution < -0.4 is 36.8 Å². The van der Waals surface area contributed by atoms with Gasteiger partial charge in [-0.1, -0.05) is 31.4 Å². The third kappa shape index (κ3) is 25.8. The number of aromatic carboxylic acids is 1. The van der Waals surface area contributed by atoms with Crippen molar-refractivity contribution in [2.24, 2.45) is 15.5 Å². The Morgan fingerprint density at radius 2 is 1.38 bits per heavy atom. The van der Waals surface area contributed by atoms with Crippen LogP contribution in [0.25, 0.3) is 43.9 Å². The van der Waals surface area contributed by atoms with Gasteiger partial charge in [0.15, 0.2) is 5.78 Å². The molecule has 0 radical (unpaired) electrons. The number of unbranched alkanes of at least 4 members (excludes halogenated alkanes) is 1. The minimum Gasteiger partial charge on any atom is -0.511 e. The van der Waals surface area contributed by atoms with E-state index in [4.69, 9.17) is 53.5 Å². The number of carbonyl (C=O) groups excluding carboxylic acids is 6. The Morgan fingerprint density at radius 1 is 0.717 bits per heavy atom. The monoisotopic (exact) mass is 1400 g/mol. The molecule has 3 heterocycles. The standard InChI is InChI=1S/C69H96N12O17S/c1-69(2)43-55(82)64(56(83)44-69)53(18-26-91-30-34-95-38-39-97-35-31-92-27-22-74-60(84)9-6-5-8-59-65-54(45-99-59)77-68(90)78-65)72-19-7-20-73-61(85)17-24-81(25-29-94-33-37-96-36-32-93-28-23-76-79-71)62(86)16-21-75-66(87)46-10-13-49(52(40-46)67(88)89)63-50-14-11-47(70)41-57(50)98-58-42-48(80(3)4)12-15-51(58)63/h10-15,40-42,54,59,65,70,82H,5-9,16-39,43-45H2,1-4H3,(H,73,85)(H,74,84)(H,75,87)(H,88,89)(H2,77,78,90)/t54-,59?,65-/m0/s1. The molecule has 5 aliphatic rings. The molecule has 1 unspecified atom stereocenters. The van der Waals surface area contributed by atoms with Crippen LogP contribution in [0.15, 0.2) is 80.5 Å². The summed E-state index contributed by atoms with van der Waals surface area (Å²) in [4.78, 5) is 102. The van der Waals surface area contributed by atoms with Crippen LogP contribution in [0.5, 0.6) is 0 Å². The largest absolute Gasteiger partial charge is 0.511 e. The number of thioether (sulfide) groups is 1. The van der Waals surface area contributed by atoms with E-state index in [-0.39, 0.29) is 181 Å². The van der Waals surface area contributed by atoms with Crippen molar-refractivity contribution in [1.82, 2.24) is 31.5 Å². The number of benzene rings is 3. The van der Waals surface area contributed by atoms with Crippen LogP contribution in [0.4, 0.5) is 10.5 Å². The van der Waals surface area contributed by atoms with E-state index in [0.717, 1.165) is 30.7 Å². The summed E-state index contributed by atoms with van der Waals surface area (Å²) in [6.07, 6.45) is 4.11. The summed E-state index contributed by atoms with van der Waals surface area (Å²) >= 11 is 1.87. The van der Waals surface area contributed by atoms with Crippen LogP contribution in [0.3, 0.4) is 0 Å². The van der Waals surface area contributed by atoms with Gasteiger partial charge in [-0.2, -0.15) is 11.8 Å². The highest BCUT2D eigenvalue weighted by atomic mass is 32.2. The predicted octanol–water partition coefficient (Wildman–Crippen LogP) is 6.59. The van der Waals surface area contributed by atoms with Crippen molar-refractivity contribution in [2.75, 3.05) is 163 Å². The van der Waals surface area contributed by atoms with E-state index in [0.29, 0.717) is 116 Å². The number of Topliss-reactive ketones (excluding diaryl/α,β-unsaturated/α-hetero) is 1. The van der Waals surface area contributed by atoms with Crippen LogP contribution in [-0.4, -0.2) is 238 Å². The molecule has 7 rings (SSSR count). The quantitative estimate of drug-likeness (QED) is 0.00439. The highest BCUT2D eigenvalue weighted by molar-refractivity contribution is 8.00. The van der Waals surface area contributed by atoms with Crippen molar-refractivity contribution < 1.29 is 81.4 Å². The number of urea groups is 1. The highest BCUT2D eigenvalue weighted by Crippen LogP contribution is 2.43. The molecule has 3 aliphatic heterocycles. The lowest BCUT2D eigenvalue weighted by Gasteiger charge is -2.30. The lowest BCUT2D eigenvalue weighted by atomic mass is 9.75. The number of azide groups is 1. The Balaban J connectivity index is 0.821. The molecule has 8 N–H and O–H groups in total. The van der Waals surface area contributed by atoms with Crippen LogP contribution in [0.1, 0.15) is 98.8 Å². The van der Waals surface area contributed by atoms with Crippen molar-refractivity contribution in [1.29, 1.82) is 5.41 Å². The summed E-state index contributed by atoms with van der Waals surface area (Å²) in [5.41, 5.74) is 11.3. The molecule has 2 saturated heterocycles. The zero-order valence-electron chi connectivity index (χ0n) is 57.2. The van der Waals surface area contributed by atoms with E-state index in [2.05, 4.69) is 36.6 Å². The fourth-order valence-electron chi connectivity index (χ4n) is 11.6. The normalized spacial score (nSPS) is 16.5. The number of amides is 6. The molecule has 2 fully saturated rings. The summed E-state index contributed by atoms with van der Waals surface area (Å²) in [6.45, 7) is 8.88. The second-order valence-corrected chi connectivity index (χ2v) is 26.2. The van der Waals surface area contributed by atoms with Crippen molar-refractivity contribution in [3.05, 3.63) is 92.9 Å².